The highest BCUT2D eigenvalue weighted by Gasteiger charge is 2.41. The Hall–Kier alpha value is -3.50. The number of nitrogens with one attached hydrogen (secondary N) is 2. The van der Waals surface area contributed by atoms with Crippen LogP contribution in [0.1, 0.15) is 18.4 Å². The van der Waals surface area contributed by atoms with Gasteiger partial charge in [0.15, 0.2) is 0 Å². The number of ether oxygens (including phenoxy) is 2. The van der Waals surface area contributed by atoms with E-state index in [1.165, 1.54) is 13.2 Å². The first kappa shape index (κ1) is 23.2. The predicted molar refractivity (Wildman–Crippen MR) is 110 cm³/mol. The minimum absolute atomic E-state index is 0.0789. The molecule has 1 saturated carbocycles. The number of hydrogen-bond donors (Lipinski definition) is 2. The Balaban J connectivity index is 0.000000219. The molecule has 8 nitrogen and oxygen atoms in total. The minimum Gasteiger partial charge on any atom is -0.495 e. The molecular formula is C21H23F3N4O4. The van der Waals surface area contributed by atoms with E-state index in [2.05, 4.69) is 15.6 Å². The number of urea groups is 1. The van der Waals surface area contributed by atoms with Crippen molar-refractivity contribution in [3.8, 4) is 17.4 Å². The number of aldehydes is 1. The van der Waals surface area contributed by atoms with Crippen LogP contribution in [0.25, 0.3) is 0 Å². The van der Waals surface area contributed by atoms with E-state index >= 15 is 0 Å². The lowest BCUT2D eigenvalue weighted by Gasteiger charge is -2.17. The minimum atomic E-state index is -4.41. The van der Waals surface area contributed by atoms with Gasteiger partial charge in [0.1, 0.15) is 23.8 Å². The molecule has 1 aromatic carbocycles. The summed E-state index contributed by atoms with van der Waals surface area (Å²) in [5, 5.41) is 5.58. The van der Waals surface area contributed by atoms with E-state index in [1.807, 2.05) is 0 Å². The summed E-state index contributed by atoms with van der Waals surface area (Å²) in [4.78, 5) is 26.8. The largest absolute Gasteiger partial charge is 0.495 e. The van der Waals surface area contributed by atoms with Crippen LogP contribution in [-0.4, -0.2) is 55.0 Å². The Morgan fingerprint density at radius 1 is 1.25 bits per heavy atom. The van der Waals surface area contributed by atoms with E-state index in [9.17, 15) is 22.8 Å². The van der Waals surface area contributed by atoms with Crippen molar-refractivity contribution in [2.45, 2.75) is 31.1 Å². The molecule has 2 fully saturated rings. The summed E-state index contributed by atoms with van der Waals surface area (Å²) < 4.78 is 47.8. The maximum atomic E-state index is 12.4. The molecule has 2 aromatic rings. The molecule has 32 heavy (non-hydrogen) atoms. The number of alkyl halides is 3. The highest BCUT2D eigenvalue weighted by Crippen LogP contribution is 2.33. The van der Waals surface area contributed by atoms with Gasteiger partial charge in [-0.05, 0) is 31.0 Å². The third kappa shape index (κ3) is 5.59. The smallest absolute Gasteiger partial charge is 0.417 e. The molecule has 2 amide bonds. The SMILES string of the molecule is CNc1cc(Oc2ccc(C(F)(F)F)cn2)ccc1OC.O=CC1CNC(=O)N1C1CC1. The number of pyridine rings is 1. The van der Waals surface area contributed by atoms with Crippen LogP contribution in [0.5, 0.6) is 17.4 Å². The van der Waals surface area contributed by atoms with Gasteiger partial charge in [0.2, 0.25) is 5.88 Å². The molecule has 0 bridgehead atoms. The van der Waals surface area contributed by atoms with Gasteiger partial charge in [0, 0.05) is 38.0 Å². The lowest BCUT2D eigenvalue weighted by Crippen LogP contribution is -2.36. The molecule has 1 aliphatic heterocycles. The fourth-order valence-electron chi connectivity index (χ4n) is 3.11. The summed E-state index contributed by atoms with van der Waals surface area (Å²) in [5.74, 6) is 1.15. The average molecular weight is 452 g/mol. The van der Waals surface area contributed by atoms with E-state index in [1.54, 1.807) is 30.1 Å². The van der Waals surface area contributed by atoms with Crippen molar-refractivity contribution in [2.24, 2.45) is 0 Å². The van der Waals surface area contributed by atoms with Gasteiger partial charge >= 0.3 is 12.2 Å². The van der Waals surface area contributed by atoms with Gasteiger partial charge in [-0.25, -0.2) is 9.78 Å². The second kappa shape index (κ2) is 9.75. The number of amides is 2. The Bertz CT molecular complexity index is 949. The summed E-state index contributed by atoms with van der Waals surface area (Å²) in [6.45, 7) is 0.485. The highest BCUT2D eigenvalue weighted by atomic mass is 19.4. The number of hydrogen-bond acceptors (Lipinski definition) is 6. The number of carbonyl (C=O) groups is 2. The molecule has 11 heteroatoms. The van der Waals surface area contributed by atoms with Gasteiger partial charge in [-0.2, -0.15) is 13.2 Å². The fourth-order valence-corrected chi connectivity index (χ4v) is 3.11. The van der Waals surface area contributed by atoms with Crippen molar-refractivity contribution in [3.05, 3.63) is 42.1 Å². The standard InChI is InChI=1S/C14H13F3N2O2.C7H10N2O2/c1-18-11-7-10(4-5-12(11)20-2)21-13-6-3-9(8-19-13)14(15,16)17;10-4-6-3-8-7(11)9(6)5-1-2-5/h3-8,18H,1-2H3;4-6H,1-3H2,(H,8,11). The monoisotopic (exact) mass is 452 g/mol. The lowest BCUT2D eigenvalue weighted by molar-refractivity contribution is -0.137. The molecule has 2 aliphatic rings. The molecule has 4 rings (SSSR count). The van der Waals surface area contributed by atoms with Crippen molar-refractivity contribution in [1.82, 2.24) is 15.2 Å². The van der Waals surface area contributed by atoms with Gasteiger partial charge in [-0.15, -0.1) is 0 Å². The number of halogens is 3. The normalized spacial score (nSPS) is 17.7. The van der Waals surface area contributed by atoms with Crippen LogP contribution in [0.2, 0.25) is 0 Å². The Morgan fingerprint density at radius 2 is 2.00 bits per heavy atom. The summed E-state index contributed by atoms with van der Waals surface area (Å²) in [6.07, 6.45) is -0.728. The van der Waals surface area contributed by atoms with Crippen LogP contribution in [0, 0.1) is 0 Å². The molecule has 1 atom stereocenters. The van der Waals surface area contributed by atoms with Crippen molar-refractivity contribution in [2.75, 3.05) is 26.0 Å². The second-order valence-electron chi connectivity index (χ2n) is 7.12. The van der Waals surface area contributed by atoms with Crippen LogP contribution < -0.4 is 20.1 Å². The first-order chi connectivity index (χ1) is 15.3. The lowest BCUT2D eigenvalue weighted by atomic mass is 10.2. The van der Waals surface area contributed by atoms with Crippen molar-refractivity contribution >= 4 is 18.0 Å². The molecule has 1 aliphatic carbocycles. The Kier molecular flexibility index (Phi) is 7.06. The maximum Gasteiger partial charge on any atom is 0.417 e. The second-order valence-corrected chi connectivity index (χ2v) is 7.12. The van der Waals surface area contributed by atoms with Crippen LogP contribution in [-0.2, 0) is 11.0 Å². The third-order valence-electron chi connectivity index (χ3n) is 4.88. The third-order valence-corrected chi connectivity index (χ3v) is 4.88. The quantitative estimate of drug-likeness (QED) is 0.650. The summed E-state index contributed by atoms with van der Waals surface area (Å²) in [6, 6.07) is 7.13. The number of rotatable bonds is 6. The summed E-state index contributed by atoms with van der Waals surface area (Å²) >= 11 is 0. The van der Waals surface area contributed by atoms with Crippen LogP contribution in [0.3, 0.4) is 0 Å². The molecule has 1 aromatic heterocycles. The molecular weight excluding hydrogens is 429 g/mol. The fraction of sp³-hybridized carbons (Fsp3) is 0.381. The number of methoxy groups -OCH3 is 1. The topological polar surface area (TPSA) is 92.8 Å². The number of anilines is 1. The van der Waals surface area contributed by atoms with Gasteiger partial charge < -0.3 is 29.8 Å². The molecule has 0 spiro atoms. The van der Waals surface area contributed by atoms with Crippen molar-refractivity contribution in [1.29, 1.82) is 0 Å². The Labute approximate surface area is 182 Å². The zero-order chi connectivity index (χ0) is 23.3. The van der Waals surface area contributed by atoms with E-state index in [4.69, 9.17) is 9.47 Å². The van der Waals surface area contributed by atoms with Crippen LogP contribution >= 0.6 is 0 Å². The first-order valence-corrected chi connectivity index (χ1v) is 9.85. The summed E-state index contributed by atoms with van der Waals surface area (Å²) in [5.41, 5.74) is -0.123. The van der Waals surface area contributed by atoms with E-state index < -0.39 is 11.7 Å². The maximum absolute atomic E-state index is 12.4. The number of aromatic nitrogens is 1. The van der Waals surface area contributed by atoms with Gasteiger partial charge in [-0.1, -0.05) is 0 Å². The zero-order valence-electron chi connectivity index (χ0n) is 17.5. The number of carbonyl (C=O) groups excluding carboxylic acids is 2. The molecule has 1 saturated heterocycles. The molecule has 0 radical (unpaired) electrons. The molecule has 1 unspecified atom stereocenters. The van der Waals surface area contributed by atoms with Gasteiger partial charge in [-0.3, -0.25) is 0 Å². The average Bonchev–Trinajstić information content (AvgIpc) is 3.55. The van der Waals surface area contributed by atoms with Gasteiger partial charge in [0.05, 0.1) is 18.4 Å². The zero-order valence-corrected chi connectivity index (χ0v) is 17.5. The molecule has 2 N–H and O–H groups in total. The Morgan fingerprint density at radius 3 is 2.53 bits per heavy atom. The van der Waals surface area contributed by atoms with Gasteiger partial charge in [0.25, 0.3) is 0 Å². The van der Waals surface area contributed by atoms with Crippen molar-refractivity contribution < 1.29 is 32.2 Å². The predicted octanol–water partition coefficient (Wildman–Crippen LogP) is 3.68. The molecule has 172 valence electrons. The van der Waals surface area contributed by atoms with Crippen molar-refractivity contribution in [3.63, 3.8) is 0 Å². The first-order valence-electron chi connectivity index (χ1n) is 9.85. The summed E-state index contributed by atoms with van der Waals surface area (Å²) in [7, 11) is 3.26. The van der Waals surface area contributed by atoms with Crippen LogP contribution in [0.15, 0.2) is 36.5 Å². The number of nitrogens with zero attached hydrogens (tertiary/aromatic N) is 2. The van der Waals surface area contributed by atoms with E-state index in [0.717, 1.165) is 31.4 Å². The van der Waals surface area contributed by atoms with E-state index in [-0.39, 0.29) is 18.0 Å². The highest BCUT2D eigenvalue weighted by molar-refractivity contribution is 5.82. The van der Waals surface area contributed by atoms with Crippen LogP contribution in [0.4, 0.5) is 23.7 Å². The van der Waals surface area contributed by atoms with E-state index in [0.29, 0.717) is 29.8 Å². The number of benzene rings is 1. The molecule has 2 heterocycles.